The van der Waals surface area contributed by atoms with Crippen molar-refractivity contribution >= 4 is 23.2 Å². The molecule has 104 valence electrons. The maximum Gasteiger partial charge on any atom is 0.228 e. The molecular formula is C14H12ClF2N3. The molecule has 3 nitrogen and oxygen atoms in total. The number of hydrogen-bond acceptors (Lipinski definition) is 3. The quantitative estimate of drug-likeness (QED) is 0.850. The van der Waals surface area contributed by atoms with E-state index in [1.165, 1.54) is 0 Å². The summed E-state index contributed by atoms with van der Waals surface area (Å²) in [5.41, 5.74) is 1.84. The van der Waals surface area contributed by atoms with Gasteiger partial charge in [-0.1, -0.05) is 11.6 Å². The smallest absolute Gasteiger partial charge is 0.228 e. The number of nitrogens with one attached hydrogen (secondary N) is 1. The van der Waals surface area contributed by atoms with E-state index in [4.69, 9.17) is 11.6 Å². The van der Waals surface area contributed by atoms with Gasteiger partial charge in [0.25, 0.3) is 0 Å². The predicted octanol–water partition coefficient (Wildman–Crippen LogP) is 4.03. The molecule has 1 aromatic heterocycles. The maximum absolute atomic E-state index is 13.6. The van der Waals surface area contributed by atoms with Crippen LogP contribution in [-0.2, 0) is 12.8 Å². The summed E-state index contributed by atoms with van der Waals surface area (Å²) < 4.78 is 26.7. The lowest BCUT2D eigenvalue weighted by Gasteiger charge is -2.17. The van der Waals surface area contributed by atoms with Gasteiger partial charge >= 0.3 is 0 Å². The lowest BCUT2D eigenvalue weighted by atomic mass is 9.97. The van der Waals surface area contributed by atoms with Crippen LogP contribution >= 0.6 is 11.6 Å². The molecular weight excluding hydrogens is 284 g/mol. The van der Waals surface area contributed by atoms with E-state index in [2.05, 4.69) is 15.3 Å². The molecule has 0 unspecified atom stereocenters. The lowest BCUT2D eigenvalue weighted by molar-refractivity contribution is 0.603. The van der Waals surface area contributed by atoms with Crippen molar-refractivity contribution in [2.45, 2.75) is 25.7 Å². The number of benzene rings is 1. The van der Waals surface area contributed by atoms with E-state index in [0.717, 1.165) is 55.1 Å². The van der Waals surface area contributed by atoms with Crippen LogP contribution in [0.3, 0.4) is 0 Å². The molecule has 0 atom stereocenters. The average Bonchev–Trinajstić information content (AvgIpc) is 2.43. The highest BCUT2D eigenvalue weighted by molar-refractivity contribution is 6.30. The number of nitrogens with zero attached hydrogens (tertiary/aromatic N) is 2. The number of rotatable bonds is 2. The molecule has 1 heterocycles. The van der Waals surface area contributed by atoms with E-state index in [1.807, 2.05) is 0 Å². The number of halogens is 3. The third-order valence-corrected chi connectivity index (χ3v) is 3.62. The van der Waals surface area contributed by atoms with Crippen LogP contribution in [0.25, 0.3) is 0 Å². The van der Waals surface area contributed by atoms with Crippen molar-refractivity contribution in [2.75, 3.05) is 5.32 Å². The molecule has 2 aromatic rings. The molecule has 0 fully saturated rings. The van der Waals surface area contributed by atoms with Gasteiger partial charge in [0.2, 0.25) is 5.95 Å². The monoisotopic (exact) mass is 295 g/mol. The van der Waals surface area contributed by atoms with E-state index >= 15 is 0 Å². The Bertz CT molecular complexity index is 661. The predicted molar refractivity (Wildman–Crippen MR) is 73.3 cm³/mol. The normalized spacial score (nSPS) is 13.9. The zero-order chi connectivity index (χ0) is 14.1. The van der Waals surface area contributed by atoms with Gasteiger partial charge in [0.1, 0.15) is 16.8 Å². The van der Waals surface area contributed by atoms with Crippen LogP contribution in [0.4, 0.5) is 20.4 Å². The van der Waals surface area contributed by atoms with Gasteiger partial charge in [-0.3, -0.25) is 0 Å². The van der Waals surface area contributed by atoms with Crippen LogP contribution < -0.4 is 5.32 Å². The first-order chi connectivity index (χ1) is 9.63. The number of anilines is 2. The molecule has 0 bridgehead atoms. The van der Waals surface area contributed by atoms with Gasteiger partial charge in [0, 0.05) is 11.6 Å². The van der Waals surface area contributed by atoms with Gasteiger partial charge < -0.3 is 5.32 Å². The Kier molecular flexibility index (Phi) is 3.53. The minimum atomic E-state index is -0.566. The van der Waals surface area contributed by atoms with Crippen LogP contribution in [0.15, 0.2) is 18.2 Å². The number of aryl methyl sites for hydroxylation is 1. The molecule has 0 amide bonds. The fourth-order valence-electron chi connectivity index (χ4n) is 2.32. The second-order valence-corrected chi connectivity index (χ2v) is 5.08. The molecule has 1 aromatic carbocycles. The molecule has 0 radical (unpaired) electrons. The third kappa shape index (κ3) is 2.58. The highest BCUT2D eigenvalue weighted by Crippen LogP contribution is 2.27. The number of aromatic nitrogens is 2. The van der Waals surface area contributed by atoms with E-state index in [1.54, 1.807) is 0 Å². The average molecular weight is 296 g/mol. The Labute approximate surface area is 120 Å². The summed E-state index contributed by atoms with van der Waals surface area (Å²) in [7, 11) is 0. The van der Waals surface area contributed by atoms with Gasteiger partial charge in [-0.15, -0.1) is 0 Å². The Morgan fingerprint density at radius 1 is 1.10 bits per heavy atom. The molecule has 0 saturated heterocycles. The summed E-state index contributed by atoms with van der Waals surface area (Å²) in [4.78, 5) is 8.45. The highest BCUT2D eigenvalue weighted by Gasteiger charge is 2.17. The first kappa shape index (κ1) is 13.2. The number of hydrogen-bond donors (Lipinski definition) is 1. The Morgan fingerprint density at radius 3 is 2.75 bits per heavy atom. The molecule has 6 heteroatoms. The van der Waals surface area contributed by atoms with Crippen molar-refractivity contribution in [3.8, 4) is 0 Å². The summed E-state index contributed by atoms with van der Waals surface area (Å²) in [5.74, 6) is -0.901. The second-order valence-electron chi connectivity index (χ2n) is 4.72. The van der Waals surface area contributed by atoms with Gasteiger partial charge in [-0.2, -0.15) is 0 Å². The number of fused-ring (bicyclic) bond motifs is 1. The standard InChI is InChI=1S/C14H12ClF2N3/c15-13-9-3-1-2-4-11(9)18-14(20-13)19-12-7-8(16)5-6-10(12)17/h5-7H,1-4H2,(H,18,19,20). The molecule has 3 rings (SSSR count). The lowest BCUT2D eigenvalue weighted by Crippen LogP contribution is -2.10. The van der Waals surface area contributed by atoms with Gasteiger partial charge in [0.15, 0.2) is 0 Å². The Balaban J connectivity index is 1.95. The molecule has 20 heavy (non-hydrogen) atoms. The summed E-state index contributed by atoms with van der Waals surface area (Å²) in [6, 6.07) is 3.17. The minimum Gasteiger partial charge on any atom is -0.322 e. The van der Waals surface area contributed by atoms with Crippen molar-refractivity contribution in [3.63, 3.8) is 0 Å². The first-order valence-electron chi connectivity index (χ1n) is 6.41. The van der Waals surface area contributed by atoms with E-state index < -0.39 is 11.6 Å². The zero-order valence-corrected chi connectivity index (χ0v) is 11.3. The van der Waals surface area contributed by atoms with E-state index in [-0.39, 0.29) is 11.6 Å². The summed E-state index contributed by atoms with van der Waals surface area (Å²) in [6.07, 6.45) is 3.82. The molecule has 1 aliphatic carbocycles. The molecule has 0 saturated carbocycles. The maximum atomic E-state index is 13.6. The molecule has 0 spiro atoms. The third-order valence-electron chi connectivity index (χ3n) is 3.31. The van der Waals surface area contributed by atoms with Crippen molar-refractivity contribution in [1.82, 2.24) is 9.97 Å². The molecule has 1 aliphatic rings. The minimum absolute atomic E-state index is 0.00294. The van der Waals surface area contributed by atoms with Crippen LogP contribution in [0.2, 0.25) is 5.15 Å². The zero-order valence-electron chi connectivity index (χ0n) is 10.6. The second kappa shape index (κ2) is 5.32. The van der Waals surface area contributed by atoms with Crippen LogP contribution in [-0.4, -0.2) is 9.97 Å². The van der Waals surface area contributed by atoms with Crippen molar-refractivity contribution < 1.29 is 8.78 Å². The summed E-state index contributed by atoms with van der Waals surface area (Å²) >= 11 is 6.13. The van der Waals surface area contributed by atoms with E-state index in [9.17, 15) is 8.78 Å². The van der Waals surface area contributed by atoms with Crippen molar-refractivity contribution in [1.29, 1.82) is 0 Å². The largest absolute Gasteiger partial charge is 0.322 e. The highest BCUT2D eigenvalue weighted by atomic mass is 35.5. The Hall–Kier alpha value is -1.75. The summed E-state index contributed by atoms with van der Waals surface area (Å²) in [6.45, 7) is 0. The molecule has 0 aliphatic heterocycles. The topological polar surface area (TPSA) is 37.8 Å². The van der Waals surface area contributed by atoms with E-state index in [0.29, 0.717) is 5.15 Å². The van der Waals surface area contributed by atoms with Gasteiger partial charge in [-0.25, -0.2) is 18.7 Å². The SMILES string of the molecule is Fc1ccc(F)c(Nc2nc(Cl)c3c(n2)CCCC3)c1. The fraction of sp³-hybridized carbons (Fsp3) is 0.286. The van der Waals surface area contributed by atoms with Crippen LogP contribution in [0, 0.1) is 11.6 Å². The Morgan fingerprint density at radius 2 is 1.90 bits per heavy atom. The summed E-state index contributed by atoms with van der Waals surface area (Å²) in [5, 5.41) is 3.07. The first-order valence-corrected chi connectivity index (χ1v) is 6.78. The van der Waals surface area contributed by atoms with Crippen LogP contribution in [0.5, 0.6) is 0 Å². The van der Waals surface area contributed by atoms with Crippen LogP contribution in [0.1, 0.15) is 24.1 Å². The van der Waals surface area contributed by atoms with Crippen molar-refractivity contribution in [3.05, 3.63) is 46.2 Å². The molecule has 1 N–H and O–H groups in total. The van der Waals surface area contributed by atoms with Gasteiger partial charge in [0.05, 0.1) is 11.4 Å². The fourth-order valence-corrected chi connectivity index (χ4v) is 2.60. The van der Waals surface area contributed by atoms with Gasteiger partial charge in [-0.05, 0) is 37.8 Å². The van der Waals surface area contributed by atoms with Crippen molar-refractivity contribution in [2.24, 2.45) is 0 Å².